The Balaban J connectivity index is 1.64. The Morgan fingerprint density at radius 3 is 2.06 bits per heavy atom. The molecule has 0 saturated heterocycles. The second kappa shape index (κ2) is 11.6. The summed E-state index contributed by atoms with van der Waals surface area (Å²) >= 11 is 0. The third-order valence-corrected chi connectivity index (χ3v) is 5.52. The van der Waals surface area contributed by atoms with E-state index in [0.717, 1.165) is 23.2 Å². The lowest BCUT2D eigenvalue weighted by molar-refractivity contribution is -0.332. The molecule has 1 heterocycles. The van der Waals surface area contributed by atoms with E-state index in [0.29, 0.717) is 5.56 Å². The predicted molar refractivity (Wildman–Crippen MR) is 123 cm³/mol. The first-order chi connectivity index (χ1) is 16.7. The van der Waals surface area contributed by atoms with Crippen molar-refractivity contribution in [1.29, 1.82) is 0 Å². The molecule has 3 aromatic rings. The fourth-order valence-electron chi connectivity index (χ4n) is 3.56. The highest BCUT2D eigenvalue weighted by Gasteiger charge is 2.44. The first-order valence-corrected chi connectivity index (χ1v) is 11.3. The number of aryl methyl sites for hydroxylation is 1. The molecule has 0 aliphatic rings. The molecule has 2 aromatic carbocycles. The molecule has 1 atom stereocenters. The molecular weight excluding hydrogens is 459 g/mol. The Morgan fingerprint density at radius 2 is 1.51 bits per heavy atom. The second-order valence-electron chi connectivity index (χ2n) is 8.16. The number of carboxylic acid groups (broad SMARTS) is 1. The predicted octanol–water partition coefficient (Wildman–Crippen LogP) is 5.38. The number of hydrogen-bond acceptors (Lipinski definition) is 5. The zero-order valence-electron chi connectivity index (χ0n) is 19.2. The molecule has 0 spiro atoms. The van der Waals surface area contributed by atoms with Crippen LogP contribution in [0.3, 0.4) is 0 Å². The Hall–Kier alpha value is -3.68. The van der Waals surface area contributed by atoms with Gasteiger partial charge in [0.15, 0.2) is 0 Å². The maximum atomic E-state index is 12.7. The Morgan fingerprint density at radius 1 is 0.886 bits per heavy atom. The zero-order chi connectivity index (χ0) is 25.4. The Labute approximate surface area is 201 Å². The number of carbonyl (C=O) groups is 2. The van der Waals surface area contributed by atoms with Crippen LogP contribution < -0.4 is 5.11 Å². The van der Waals surface area contributed by atoms with E-state index < -0.39 is 24.2 Å². The summed E-state index contributed by atoms with van der Waals surface area (Å²) in [6.07, 6.45) is -1.00. The van der Waals surface area contributed by atoms with E-state index in [4.69, 9.17) is 0 Å². The highest BCUT2D eigenvalue weighted by molar-refractivity contribution is 5.91. The first kappa shape index (κ1) is 25.9. The molecule has 0 radical (unpaired) electrons. The average molecular weight is 484 g/mol. The molecule has 0 saturated carbocycles. The van der Waals surface area contributed by atoms with Crippen LogP contribution in [0.5, 0.6) is 0 Å². The maximum absolute atomic E-state index is 12.7. The van der Waals surface area contributed by atoms with Crippen LogP contribution in [0.2, 0.25) is 0 Å². The summed E-state index contributed by atoms with van der Waals surface area (Å²) < 4.78 is 42.1. The molecule has 0 N–H and O–H groups in total. The number of ether oxygens (including phenoxy) is 1. The van der Waals surface area contributed by atoms with E-state index >= 15 is 0 Å². The number of unbranched alkanes of at least 4 members (excludes halogenated alkanes) is 3. The van der Waals surface area contributed by atoms with Crippen molar-refractivity contribution >= 4 is 11.9 Å². The van der Waals surface area contributed by atoms with E-state index in [1.165, 1.54) is 55.5 Å². The third kappa shape index (κ3) is 7.15. The minimum absolute atomic E-state index is 0.219. The molecule has 0 amide bonds. The van der Waals surface area contributed by atoms with Crippen LogP contribution in [0.15, 0.2) is 66.9 Å². The summed E-state index contributed by atoms with van der Waals surface area (Å²) in [5, 5.41) is 10.6. The van der Waals surface area contributed by atoms with Gasteiger partial charge in [-0.1, -0.05) is 68.7 Å². The van der Waals surface area contributed by atoms with Crippen LogP contribution in [0.4, 0.5) is 13.2 Å². The largest absolute Gasteiger partial charge is 0.546 e. The smallest absolute Gasteiger partial charge is 0.431 e. The van der Waals surface area contributed by atoms with Gasteiger partial charge in [0, 0.05) is 17.3 Å². The molecule has 1 unspecified atom stereocenters. The summed E-state index contributed by atoms with van der Waals surface area (Å²) in [5.74, 6) is -3.94. The molecule has 184 valence electrons. The van der Waals surface area contributed by atoms with E-state index in [2.05, 4.69) is 28.8 Å². The molecule has 0 bridgehead atoms. The van der Waals surface area contributed by atoms with Gasteiger partial charge >= 0.3 is 12.1 Å². The highest BCUT2D eigenvalue weighted by atomic mass is 19.4. The SMILES string of the molecule is CCCCCCc1ccc(-c2ccc(-c3ccc(C(=O)OC(C(=O)[O-])C(F)(F)F)cc3)cn2)cc1. The number of benzene rings is 2. The van der Waals surface area contributed by atoms with Crippen molar-refractivity contribution in [2.45, 2.75) is 51.3 Å². The van der Waals surface area contributed by atoms with Gasteiger partial charge in [-0.15, -0.1) is 0 Å². The van der Waals surface area contributed by atoms with Crippen molar-refractivity contribution in [2.24, 2.45) is 0 Å². The molecule has 8 heteroatoms. The summed E-state index contributed by atoms with van der Waals surface area (Å²) in [6, 6.07) is 17.6. The van der Waals surface area contributed by atoms with Gasteiger partial charge in [-0.2, -0.15) is 13.2 Å². The van der Waals surface area contributed by atoms with Crippen molar-refractivity contribution in [3.63, 3.8) is 0 Å². The summed E-state index contributed by atoms with van der Waals surface area (Å²) in [4.78, 5) is 27.1. The number of aromatic nitrogens is 1. The number of aliphatic carboxylic acids is 1. The lowest BCUT2D eigenvalue weighted by Crippen LogP contribution is -2.48. The summed E-state index contributed by atoms with van der Waals surface area (Å²) in [5.41, 5.74) is 4.27. The van der Waals surface area contributed by atoms with Gasteiger partial charge in [-0.25, -0.2) is 4.79 Å². The zero-order valence-corrected chi connectivity index (χ0v) is 19.2. The van der Waals surface area contributed by atoms with Crippen molar-refractivity contribution in [3.05, 3.63) is 78.0 Å². The maximum Gasteiger partial charge on any atom is 0.431 e. The molecular formula is C27H25F3NO4-. The van der Waals surface area contributed by atoms with Gasteiger partial charge in [0.1, 0.15) is 0 Å². The number of alkyl halides is 3. The van der Waals surface area contributed by atoms with Crippen LogP contribution >= 0.6 is 0 Å². The molecule has 1 aromatic heterocycles. The van der Waals surface area contributed by atoms with Crippen molar-refractivity contribution in [2.75, 3.05) is 0 Å². The van der Waals surface area contributed by atoms with Crippen LogP contribution in [0.25, 0.3) is 22.4 Å². The van der Waals surface area contributed by atoms with Crippen molar-refractivity contribution in [1.82, 2.24) is 4.98 Å². The normalized spacial score (nSPS) is 12.2. The van der Waals surface area contributed by atoms with Crippen molar-refractivity contribution < 1.29 is 32.6 Å². The number of carbonyl (C=O) groups excluding carboxylic acids is 2. The van der Waals surface area contributed by atoms with Crippen molar-refractivity contribution in [3.8, 4) is 22.4 Å². The van der Waals surface area contributed by atoms with E-state index in [1.54, 1.807) is 6.20 Å². The highest BCUT2D eigenvalue weighted by Crippen LogP contribution is 2.26. The summed E-state index contributed by atoms with van der Waals surface area (Å²) in [6.45, 7) is 2.19. The average Bonchev–Trinajstić information content (AvgIpc) is 2.85. The number of hydrogen-bond donors (Lipinski definition) is 0. The standard InChI is InChI=1S/C27H26F3NO4/c1-2-3-4-5-6-18-7-9-20(10-8-18)23-16-15-22(17-31-23)19-11-13-21(14-12-19)26(34)35-24(25(32)33)27(28,29)30/h7-17,24H,2-6H2,1H3,(H,32,33)/p-1. The number of carboxylic acids is 1. The molecule has 0 aliphatic carbocycles. The number of halogens is 3. The van der Waals surface area contributed by atoms with Crippen LogP contribution in [-0.4, -0.2) is 29.2 Å². The monoisotopic (exact) mass is 484 g/mol. The number of nitrogens with zero attached hydrogens (tertiary/aromatic N) is 1. The number of pyridine rings is 1. The number of esters is 1. The fraction of sp³-hybridized carbons (Fsp3) is 0.296. The number of rotatable bonds is 10. The molecule has 35 heavy (non-hydrogen) atoms. The molecule has 3 rings (SSSR count). The van der Waals surface area contributed by atoms with Gasteiger partial charge in [0.05, 0.1) is 17.2 Å². The van der Waals surface area contributed by atoms with E-state index in [9.17, 15) is 27.9 Å². The fourth-order valence-corrected chi connectivity index (χ4v) is 3.56. The lowest BCUT2D eigenvalue weighted by atomic mass is 10.0. The Bertz CT molecular complexity index is 1130. The van der Waals surface area contributed by atoms with Crippen LogP contribution in [0, 0.1) is 0 Å². The minimum atomic E-state index is -5.27. The quantitative estimate of drug-likeness (QED) is 0.285. The molecule has 5 nitrogen and oxygen atoms in total. The van der Waals surface area contributed by atoms with Gasteiger partial charge in [0.2, 0.25) is 6.10 Å². The summed E-state index contributed by atoms with van der Waals surface area (Å²) in [7, 11) is 0. The van der Waals surface area contributed by atoms with E-state index in [1.807, 2.05) is 24.3 Å². The van der Waals surface area contributed by atoms with Crippen LogP contribution in [-0.2, 0) is 16.0 Å². The third-order valence-electron chi connectivity index (χ3n) is 5.52. The van der Waals surface area contributed by atoms with Crippen LogP contribution in [0.1, 0.15) is 48.5 Å². The minimum Gasteiger partial charge on any atom is -0.546 e. The lowest BCUT2D eigenvalue weighted by Gasteiger charge is -2.21. The molecule has 0 fully saturated rings. The van der Waals surface area contributed by atoms with Gasteiger partial charge in [0.25, 0.3) is 0 Å². The topological polar surface area (TPSA) is 79.3 Å². The van der Waals surface area contributed by atoms with Gasteiger partial charge in [-0.3, -0.25) is 4.98 Å². The van der Waals surface area contributed by atoms with E-state index in [-0.39, 0.29) is 5.56 Å². The first-order valence-electron chi connectivity index (χ1n) is 11.3. The second-order valence-corrected chi connectivity index (χ2v) is 8.16. The molecule has 0 aliphatic heterocycles. The van der Waals surface area contributed by atoms with Gasteiger partial charge < -0.3 is 14.6 Å². The van der Waals surface area contributed by atoms with Gasteiger partial charge in [-0.05, 0) is 42.2 Å². The Kier molecular flexibility index (Phi) is 8.63.